The first-order chi connectivity index (χ1) is 13.0. The zero-order valence-corrected chi connectivity index (χ0v) is 15.8. The minimum Gasteiger partial charge on any atom is -0.483 e. The number of ether oxygens (including phenoxy) is 1. The van der Waals surface area contributed by atoms with Crippen LogP contribution in [0.3, 0.4) is 0 Å². The molecule has 0 unspecified atom stereocenters. The van der Waals surface area contributed by atoms with Crippen LogP contribution in [0.1, 0.15) is 16.9 Å². The maximum absolute atomic E-state index is 12.2. The van der Waals surface area contributed by atoms with E-state index in [0.717, 1.165) is 11.1 Å². The van der Waals surface area contributed by atoms with Gasteiger partial charge in [0.25, 0.3) is 5.91 Å². The Labute approximate surface area is 162 Å². The number of aryl methyl sites for hydroxylation is 1. The molecule has 0 aliphatic heterocycles. The standard InChI is InChI=1S/C21H20ClNO4/c1-13-4-3-5-19(14(13)2)26-12-21(25)23-15-6-8-17(18(22)10-15)20-9-7-16(11-24)27-20/h3-10,24H,11-12H2,1-2H3,(H,23,25). The zero-order valence-electron chi connectivity index (χ0n) is 15.1. The van der Waals surface area contributed by atoms with Crippen molar-refractivity contribution in [1.82, 2.24) is 0 Å². The number of carbonyl (C=O) groups is 1. The van der Waals surface area contributed by atoms with Gasteiger partial charge in [-0.05, 0) is 61.4 Å². The van der Waals surface area contributed by atoms with Gasteiger partial charge in [-0.15, -0.1) is 0 Å². The van der Waals surface area contributed by atoms with Crippen molar-refractivity contribution in [2.24, 2.45) is 0 Å². The largest absolute Gasteiger partial charge is 0.483 e. The van der Waals surface area contributed by atoms with Crippen LogP contribution in [-0.2, 0) is 11.4 Å². The number of aliphatic hydroxyl groups excluding tert-OH is 1. The molecule has 27 heavy (non-hydrogen) atoms. The Morgan fingerprint density at radius 3 is 2.70 bits per heavy atom. The maximum atomic E-state index is 12.2. The predicted octanol–water partition coefficient (Wildman–Crippen LogP) is 4.73. The highest BCUT2D eigenvalue weighted by atomic mass is 35.5. The number of nitrogens with one attached hydrogen (secondary N) is 1. The SMILES string of the molecule is Cc1cccc(OCC(=O)Nc2ccc(-c3ccc(CO)o3)c(Cl)c2)c1C. The van der Waals surface area contributed by atoms with E-state index in [1.165, 1.54) is 0 Å². The van der Waals surface area contributed by atoms with Crippen molar-refractivity contribution in [2.75, 3.05) is 11.9 Å². The van der Waals surface area contributed by atoms with Crippen LogP contribution >= 0.6 is 11.6 Å². The smallest absolute Gasteiger partial charge is 0.262 e. The summed E-state index contributed by atoms with van der Waals surface area (Å²) >= 11 is 6.31. The van der Waals surface area contributed by atoms with Crippen molar-refractivity contribution in [2.45, 2.75) is 20.5 Å². The molecule has 3 rings (SSSR count). The molecule has 0 aliphatic carbocycles. The number of aliphatic hydroxyl groups is 1. The first kappa shape index (κ1) is 19.0. The van der Waals surface area contributed by atoms with Gasteiger partial charge >= 0.3 is 0 Å². The molecular weight excluding hydrogens is 366 g/mol. The van der Waals surface area contributed by atoms with Gasteiger partial charge in [-0.1, -0.05) is 23.7 Å². The quantitative estimate of drug-likeness (QED) is 0.643. The van der Waals surface area contributed by atoms with Gasteiger partial charge in [0.05, 0.1) is 5.02 Å². The van der Waals surface area contributed by atoms with Crippen molar-refractivity contribution in [3.8, 4) is 17.1 Å². The molecule has 5 nitrogen and oxygen atoms in total. The van der Waals surface area contributed by atoms with Gasteiger partial charge in [0, 0.05) is 11.3 Å². The molecule has 2 aromatic carbocycles. The highest BCUT2D eigenvalue weighted by Gasteiger charge is 2.11. The first-order valence-corrected chi connectivity index (χ1v) is 8.84. The topological polar surface area (TPSA) is 71.7 Å². The molecule has 1 aromatic heterocycles. The van der Waals surface area contributed by atoms with Crippen LogP contribution in [0.5, 0.6) is 5.75 Å². The van der Waals surface area contributed by atoms with Crippen molar-refractivity contribution in [1.29, 1.82) is 0 Å². The Balaban J connectivity index is 1.64. The Hall–Kier alpha value is -2.76. The van der Waals surface area contributed by atoms with Crippen LogP contribution in [0.2, 0.25) is 5.02 Å². The van der Waals surface area contributed by atoms with E-state index >= 15 is 0 Å². The molecule has 2 N–H and O–H groups in total. The van der Waals surface area contributed by atoms with Gasteiger partial charge in [0.15, 0.2) is 6.61 Å². The third-order valence-electron chi connectivity index (χ3n) is 4.25. The Kier molecular flexibility index (Phi) is 5.84. The van der Waals surface area contributed by atoms with Crippen LogP contribution < -0.4 is 10.1 Å². The summed E-state index contributed by atoms with van der Waals surface area (Å²) in [5.41, 5.74) is 3.37. The van der Waals surface area contributed by atoms with Crippen LogP contribution in [0.25, 0.3) is 11.3 Å². The minimum absolute atomic E-state index is 0.0955. The van der Waals surface area contributed by atoms with Crippen molar-refractivity contribution >= 4 is 23.2 Å². The van der Waals surface area contributed by atoms with Gasteiger partial charge in [-0.2, -0.15) is 0 Å². The van der Waals surface area contributed by atoms with Crippen LogP contribution in [0.15, 0.2) is 52.9 Å². The van der Waals surface area contributed by atoms with E-state index in [2.05, 4.69) is 5.32 Å². The van der Waals surface area contributed by atoms with Crippen molar-refractivity contribution in [3.63, 3.8) is 0 Å². The van der Waals surface area contributed by atoms with Crippen LogP contribution in [-0.4, -0.2) is 17.6 Å². The van der Waals surface area contributed by atoms with Crippen molar-refractivity contribution < 1.29 is 19.1 Å². The number of halogens is 1. The number of furan rings is 1. The van der Waals surface area contributed by atoms with E-state index in [4.69, 9.17) is 25.9 Å². The second-order valence-electron chi connectivity index (χ2n) is 6.15. The molecule has 0 bridgehead atoms. The van der Waals surface area contributed by atoms with E-state index in [1.54, 1.807) is 30.3 Å². The Bertz CT molecular complexity index is 965. The number of rotatable bonds is 6. The lowest BCUT2D eigenvalue weighted by Crippen LogP contribution is -2.20. The summed E-state index contributed by atoms with van der Waals surface area (Å²) in [6, 6.07) is 14.3. The average Bonchev–Trinajstić information content (AvgIpc) is 3.12. The lowest BCUT2D eigenvalue weighted by molar-refractivity contribution is -0.118. The molecule has 0 aliphatic rings. The van der Waals surface area contributed by atoms with E-state index in [9.17, 15) is 4.79 Å². The van der Waals surface area contributed by atoms with Crippen LogP contribution in [0.4, 0.5) is 5.69 Å². The fraction of sp³-hybridized carbons (Fsp3) is 0.190. The normalized spacial score (nSPS) is 10.7. The van der Waals surface area contributed by atoms with Gasteiger partial charge in [0.1, 0.15) is 23.9 Å². The summed E-state index contributed by atoms with van der Waals surface area (Å²) in [7, 11) is 0. The monoisotopic (exact) mass is 385 g/mol. The van der Waals surface area contributed by atoms with E-state index < -0.39 is 0 Å². The fourth-order valence-electron chi connectivity index (χ4n) is 2.62. The number of carbonyl (C=O) groups excluding carboxylic acids is 1. The first-order valence-electron chi connectivity index (χ1n) is 8.46. The minimum atomic E-state index is -0.278. The molecule has 0 saturated heterocycles. The zero-order chi connectivity index (χ0) is 19.4. The van der Waals surface area contributed by atoms with Gasteiger partial charge < -0.3 is 19.6 Å². The second-order valence-corrected chi connectivity index (χ2v) is 6.56. The molecule has 1 amide bonds. The molecule has 140 valence electrons. The summed E-state index contributed by atoms with van der Waals surface area (Å²) in [5.74, 6) is 1.43. The maximum Gasteiger partial charge on any atom is 0.262 e. The average molecular weight is 386 g/mol. The molecule has 0 radical (unpaired) electrons. The van der Waals surface area contributed by atoms with Crippen LogP contribution in [0, 0.1) is 13.8 Å². The molecule has 0 saturated carbocycles. The van der Waals surface area contributed by atoms with E-state index in [1.807, 2.05) is 32.0 Å². The van der Waals surface area contributed by atoms with Crippen molar-refractivity contribution in [3.05, 3.63) is 70.4 Å². The summed E-state index contributed by atoms with van der Waals surface area (Å²) in [5, 5.41) is 12.3. The number of hydrogen-bond acceptors (Lipinski definition) is 4. The summed E-state index contributed by atoms with van der Waals surface area (Å²) < 4.78 is 11.1. The molecule has 0 atom stereocenters. The Morgan fingerprint density at radius 1 is 1.19 bits per heavy atom. The molecule has 6 heteroatoms. The number of amides is 1. The Morgan fingerprint density at radius 2 is 2.00 bits per heavy atom. The number of benzene rings is 2. The lowest BCUT2D eigenvalue weighted by atomic mass is 10.1. The summed E-state index contributed by atoms with van der Waals surface area (Å²) in [6.07, 6.45) is 0. The molecule has 3 aromatic rings. The summed E-state index contributed by atoms with van der Waals surface area (Å²) in [6.45, 7) is 3.68. The predicted molar refractivity (Wildman–Crippen MR) is 105 cm³/mol. The lowest BCUT2D eigenvalue weighted by Gasteiger charge is -2.11. The fourth-order valence-corrected chi connectivity index (χ4v) is 2.89. The van der Waals surface area contributed by atoms with Gasteiger partial charge in [-0.3, -0.25) is 4.79 Å². The molecule has 1 heterocycles. The van der Waals surface area contributed by atoms with E-state index in [-0.39, 0.29) is 19.1 Å². The highest BCUT2D eigenvalue weighted by molar-refractivity contribution is 6.33. The third-order valence-corrected chi connectivity index (χ3v) is 4.56. The third kappa shape index (κ3) is 4.51. The molecular formula is C21H20ClNO4. The van der Waals surface area contributed by atoms with Gasteiger partial charge in [0.2, 0.25) is 0 Å². The summed E-state index contributed by atoms with van der Waals surface area (Å²) in [4.78, 5) is 12.2. The highest BCUT2D eigenvalue weighted by Crippen LogP contribution is 2.31. The second kappa shape index (κ2) is 8.29. The molecule has 0 fully saturated rings. The van der Waals surface area contributed by atoms with Gasteiger partial charge in [-0.25, -0.2) is 0 Å². The number of anilines is 1. The van der Waals surface area contributed by atoms with E-state index in [0.29, 0.717) is 33.5 Å². The molecule has 0 spiro atoms. The number of hydrogen-bond donors (Lipinski definition) is 2.